The maximum atomic E-state index is 11.4. The second-order valence-corrected chi connectivity index (χ2v) is 6.31. The first-order valence-corrected chi connectivity index (χ1v) is 9.06. The number of rotatable bonds is 7. The Kier molecular flexibility index (Phi) is 5.87. The number of fused-ring (bicyclic) bond motifs is 3. The summed E-state index contributed by atoms with van der Waals surface area (Å²) in [7, 11) is 0. The third kappa shape index (κ3) is 4.53. The van der Waals surface area contributed by atoms with E-state index in [4.69, 9.17) is 9.47 Å². The van der Waals surface area contributed by atoms with Gasteiger partial charge in [0.05, 0.1) is 6.61 Å². The molecule has 0 unspecified atom stereocenters. The number of benzene rings is 3. The van der Waals surface area contributed by atoms with Gasteiger partial charge >= 0.3 is 11.9 Å². The van der Waals surface area contributed by atoms with Gasteiger partial charge in [0.15, 0.2) is 0 Å². The minimum Gasteiger partial charge on any atom is -0.466 e. The van der Waals surface area contributed by atoms with Crippen LogP contribution in [0.5, 0.6) is 5.75 Å². The molecule has 4 nitrogen and oxygen atoms in total. The van der Waals surface area contributed by atoms with Gasteiger partial charge in [0.2, 0.25) is 0 Å². The van der Waals surface area contributed by atoms with E-state index in [2.05, 4.69) is 30.8 Å². The summed E-state index contributed by atoms with van der Waals surface area (Å²) in [6, 6.07) is 16.1. The molecule has 0 saturated carbocycles. The van der Waals surface area contributed by atoms with Crippen LogP contribution < -0.4 is 4.74 Å². The first kappa shape index (κ1) is 18.6. The molecular formula is C23H22O4. The van der Waals surface area contributed by atoms with Crippen LogP contribution >= 0.6 is 0 Å². The maximum Gasteiger partial charge on any atom is 0.335 e. The van der Waals surface area contributed by atoms with Gasteiger partial charge in [-0.3, -0.25) is 4.79 Å². The molecule has 0 N–H and O–H groups in total. The van der Waals surface area contributed by atoms with Crippen molar-refractivity contribution in [2.75, 3.05) is 6.61 Å². The number of hydrogen-bond acceptors (Lipinski definition) is 4. The summed E-state index contributed by atoms with van der Waals surface area (Å²) in [6.45, 7) is 5.66. The van der Waals surface area contributed by atoms with Gasteiger partial charge in [-0.2, -0.15) is 0 Å². The second kappa shape index (κ2) is 8.49. The number of aryl methyl sites for hydroxylation is 1. The highest BCUT2D eigenvalue weighted by atomic mass is 16.5. The number of ether oxygens (including phenoxy) is 2. The molecule has 0 aromatic heterocycles. The molecule has 27 heavy (non-hydrogen) atoms. The molecule has 3 rings (SSSR count). The molecule has 0 radical (unpaired) electrons. The van der Waals surface area contributed by atoms with Gasteiger partial charge in [0.25, 0.3) is 0 Å². The summed E-state index contributed by atoms with van der Waals surface area (Å²) >= 11 is 0. The monoisotopic (exact) mass is 362 g/mol. The predicted octanol–water partition coefficient (Wildman–Crippen LogP) is 4.97. The van der Waals surface area contributed by atoms with E-state index in [1.165, 1.54) is 5.56 Å². The average Bonchev–Trinajstić information content (AvgIpc) is 2.70. The number of esters is 2. The van der Waals surface area contributed by atoms with E-state index in [1.54, 1.807) is 13.0 Å². The van der Waals surface area contributed by atoms with Gasteiger partial charge in [-0.25, -0.2) is 4.79 Å². The van der Waals surface area contributed by atoms with Gasteiger partial charge in [0, 0.05) is 12.5 Å². The number of carbonyl (C=O) groups is 2. The summed E-state index contributed by atoms with van der Waals surface area (Å²) in [6.07, 6.45) is 3.23. The number of carbonyl (C=O) groups excluding carboxylic acids is 2. The zero-order valence-corrected chi connectivity index (χ0v) is 15.4. The summed E-state index contributed by atoms with van der Waals surface area (Å²) < 4.78 is 10.3. The molecule has 0 aliphatic heterocycles. The molecule has 3 aromatic rings. The molecule has 4 heteroatoms. The molecule has 0 aliphatic carbocycles. The van der Waals surface area contributed by atoms with Crippen LogP contribution in [0.2, 0.25) is 0 Å². The van der Waals surface area contributed by atoms with Crippen LogP contribution in [-0.2, 0) is 20.7 Å². The first-order valence-electron chi connectivity index (χ1n) is 9.06. The molecule has 0 heterocycles. The van der Waals surface area contributed by atoms with Crippen LogP contribution in [0.4, 0.5) is 0 Å². The van der Waals surface area contributed by atoms with Crippen molar-refractivity contribution >= 4 is 33.5 Å². The van der Waals surface area contributed by atoms with E-state index >= 15 is 0 Å². The van der Waals surface area contributed by atoms with E-state index in [-0.39, 0.29) is 5.97 Å². The lowest BCUT2D eigenvalue weighted by atomic mass is 9.98. The Bertz CT molecular complexity index is 1000. The molecule has 0 spiro atoms. The van der Waals surface area contributed by atoms with Crippen LogP contribution in [-0.4, -0.2) is 18.5 Å². The predicted molar refractivity (Wildman–Crippen MR) is 107 cm³/mol. The summed E-state index contributed by atoms with van der Waals surface area (Å²) in [5.74, 6) is -0.118. The van der Waals surface area contributed by atoms with E-state index in [0.29, 0.717) is 18.8 Å². The van der Waals surface area contributed by atoms with Crippen molar-refractivity contribution in [1.29, 1.82) is 0 Å². The Morgan fingerprint density at radius 1 is 1.00 bits per heavy atom. The van der Waals surface area contributed by atoms with Gasteiger partial charge in [-0.05, 0) is 52.1 Å². The van der Waals surface area contributed by atoms with Crippen molar-refractivity contribution in [3.05, 3.63) is 66.7 Å². The van der Waals surface area contributed by atoms with Crippen molar-refractivity contribution in [1.82, 2.24) is 0 Å². The fourth-order valence-electron chi connectivity index (χ4n) is 3.04. The molecule has 0 saturated heterocycles. The quantitative estimate of drug-likeness (QED) is 0.196. The first-order chi connectivity index (χ1) is 13.1. The lowest BCUT2D eigenvalue weighted by molar-refractivity contribution is -0.143. The lowest BCUT2D eigenvalue weighted by Crippen LogP contribution is -2.04. The van der Waals surface area contributed by atoms with Crippen molar-refractivity contribution in [3.63, 3.8) is 0 Å². The Hall–Kier alpha value is -3.14. The van der Waals surface area contributed by atoms with Crippen LogP contribution in [0.1, 0.15) is 25.3 Å². The average molecular weight is 362 g/mol. The maximum absolute atomic E-state index is 11.4. The Balaban J connectivity index is 1.78. The fraction of sp³-hybridized carbons (Fsp3) is 0.217. The topological polar surface area (TPSA) is 52.6 Å². The van der Waals surface area contributed by atoms with Crippen LogP contribution in [0.25, 0.3) is 21.5 Å². The molecule has 138 valence electrons. The highest BCUT2D eigenvalue weighted by molar-refractivity contribution is 6.08. The van der Waals surface area contributed by atoms with Crippen molar-refractivity contribution in [2.24, 2.45) is 0 Å². The lowest BCUT2D eigenvalue weighted by Gasteiger charge is -2.09. The van der Waals surface area contributed by atoms with E-state index in [1.807, 2.05) is 18.2 Å². The highest BCUT2D eigenvalue weighted by Crippen LogP contribution is 2.29. The third-order valence-electron chi connectivity index (χ3n) is 4.42. The standard InChI is InChI=1S/C23H22O4/c1-3-22(24)26-13-5-6-16-7-11-20-17(14-16)8-9-18-15-19(10-12-21(18)20)27-23(25)4-2/h4,7-12,14-15H,2-3,5-6,13H2,1H3. The summed E-state index contributed by atoms with van der Waals surface area (Å²) in [5.41, 5.74) is 1.21. The summed E-state index contributed by atoms with van der Waals surface area (Å²) in [5, 5.41) is 4.42. The molecule has 0 bridgehead atoms. The molecule has 0 aliphatic rings. The second-order valence-electron chi connectivity index (χ2n) is 6.31. The number of hydrogen-bond donors (Lipinski definition) is 0. The van der Waals surface area contributed by atoms with E-state index in [9.17, 15) is 9.59 Å². The molecule has 0 fully saturated rings. The molecule has 3 aromatic carbocycles. The minimum absolute atomic E-state index is 0.155. The van der Waals surface area contributed by atoms with Crippen molar-refractivity contribution in [2.45, 2.75) is 26.2 Å². The Morgan fingerprint density at radius 2 is 1.70 bits per heavy atom. The van der Waals surface area contributed by atoms with Gasteiger partial charge in [0.1, 0.15) is 5.75 Å². The SMILES string of the molecule is C=CC(=O)Oc1ccc2c(ccc3cc(CCCOC(=O)CC)ccc32)c1. The van der Waals surface area contributed by atoms with Crippen LogP contribution in [0.15, 0.2) is 61.2 Å². The largest absolute Gasteiger partial charge is 0.466 e. The molecule has 0 amide bonds. The smallest absolute Gasteiger partial charge is 0.335 e. The summed E-state index contributed by atoms with van der Waals surface area (Å²) in [4.78, 5) is 22.5. The van der Waals surface area contributed by atoms with E-state index in [0.717, 1.165) is 40.5 Å². The highest BCUT2D eigenvalue weighted by Gasteiger charge is 2.06. The van der Waals surface area contributed by atoms with E-state index < -0.39 is 5.97 Å². The minimum atomic E-state index is -0.468. The Morgan fingerprint density at radius 3 is 2.41 bits per heavy atom. The fourth-order valence-corrected chi connectivity index (χ4v) is 3.04. The van der Waals surface area contributed by atoms with Crippen LogP contribution in [0.3, 0.4) is 0 Å². The third-order valence-corrected chi connectivity index (χ3v) is 4.42. The van der Waals surface area contributed by atoms with Gasteiger partial charge in [-0.1, -0.05) is 49.9 Å². The van der Waals surface area contributed by atoms with Gasteiger partial charge < -0.3 is 9.47 Å². The zero-order valence-electron chi connectivity index (χ0n) is 15.4. The van der Waals surface area contributed by atoms with Crippen molar-refractivity contribution < 1.29 is 19.1 Å². The molecule has 0 atom stereocenters. The van der Waals surface area contributed by atoms with Crippen LogP contribution in [0, 0.1) is 0 Å². The molecular weight excluding hydrogens is 340 g/mol. The Labute approximate surface area is 158 Å². The van der Waals surface area contributed by atoms with Gasteiger partial charge in [-0.15, -0.1) is 0 Å². The zero-order chi connectivity index (χ0) is 19.2. The van der Waals surface area contributed by atoms with Crippen molar-refractivity contribution in [3.8, 4) is 5.75 Å². The normalized spacial score (nSPS) is 10.7.